The summed E-state index contributed by atoms with van der Waals surface area (Å²) in [5.74, 6) is 0. The second-order valence-electron chi connectivity index (χ2n) is 4.94. The van der Waals surface area contributed by atoms with Gasteiger partial charge in [-0.25, -0.2) is 0 Å². The molecule has 19 heavy (non-hydrogen) atoms. The van der Waals surface area contributed by atoms with Crippen molar-refractivity contribution in [3.63, 3.8) is 0 Å². The third kappa shape index (κ3) is 1.57. The maximum Gasteiger partial charge on any atom is 0.172 e. The molecule has 0 amide bonds. The molecule has 1 aliphatic carbocycles. The second kappa shape index (κ2) is 4.48. The number of aliphatic hydroxyl groups is 1. The number of hydrogen-bond donors (Lipinski definition) is 1. The van der Waals surface area contributed by atoms with Crippen LogP contribution in [-0.4, -0.2) is 23.1 Å². The second-order valence-corrected chi connectivity index (χ2v) is 4.94. The quantitative estimate of drug-likeness (QED) is 0.849. The Kier molecular flexibility index (Phi) is 2.92. The van der Waals surface area contributed by atoms with Crippen LogP contribution in [0.1, 0.15) is 25.0 Å². The van der Waals surface area contributed by atoms with Crippen molar-refractivity contribution < 1.29 is 5.11 Å². The average Bonchev–Trinajstić information content (AvgIpc) is 2.72. The van der Waals surface area contributed by atoms with E-state index in [1.54, 1.807) is 0 Å². The molecule has 0 heterocycles. The van der Waals surface area contributed by atoms with Crippen LogP contribution in [-0.2, 0) is 5.72 Å². The van der Waals surface area contributed by atoms with E-state index in [4.69, 9.17) is 0 Å². The van der Waals surface area contributed by atoms with Crippen molar-refractivity contribution in [1.82, 2.24) is 4.90 Å². The van der Waals surface area contributed by atoms with Crippen LogP contribution in [0.2, 0.25) is 0 Å². The predicted octanol–water partition coefficient (Wildman–Crippen LogP) is 3.20. The van der Waals surface area contributed by atoms with E-state index in [0.717, 1.165) is 35.3 Å². The van der Waals surface area contributed by atoms with Crippen molar-refractivity contribution in [3.05, 3.63) is 59.7 Å². The van der Waals surface area contributed by atoms with E-state index in [1.807, 2.05) is 36.4 Å². The number of nitrogens with zero attached hydrogens (tertiary/aromatic N) is 1. The van der Waals surface area contributed by atoms with Gasteiger partial charge in [-0.3, -0.25) is 4.90 Å². The molecule has 1 aliphatic rings. The van der Waals surface area contributed by atoms with Gasteiger partial charge in [0, 0.05) is 11.1 Å². The lowest BCUT2D eigenvalue weighted by molar-refractivity contribution is -0.0720. The van der Waals surface area contributed by atoms with Gasteiger partial charge in [-0.05, 0) is 24.2 Å². The average molecular weight is 253 g/mol. The molecule has 0 fully saturated rings. The number of hydrogen-bond acceptors (Lipinski definition) is 2. The van der Waals surface area contributed by atoms with Gasteiger partial charge in [0.15, 0.2) is 5.72 Å². The van der Waals surface area contributed by atoms with Gasteiger partial charge in [0.1, 0.15) is 0 Å². The van der Waals surface area contributed by atoms with Crippen LogP contribution in [0.15, 0.2) is 48.5 Å². The molecule has 0 atom stereocenters. The van der Waals surface area contributed by atoms with Gasteiger partial charge in [-0.2, -0.15) is 0 Å². The summed E-state index contributed by atoms with van der Waals surface area (Å²) in [6.07, 6.45) is 0. The van der Waals surface area contributed by atoms with Crippen LogP contribution in [0.3, 0.4) is 0 Å². The van der Waals surface area contributed by atoms with Crippen LogP contribution >= 0.6 is 0 Å². The Morgan fingerprint density at radius 1 is 0.842 bits per heavy atom. The smallest absolute Gasteiger partial charge is 0.172 e. The Labute approximate surface area is 114 Å². The zero-order valence-corrected chi connectivity index (χ0v) is 11.4. The molecular weight excluding hydrogens is 234 g/mol. The zero-order chi connectivity index (χ0) is 13.5. The Balaban J connectivity index is 2.31. The predicted molar refractivity (Wildman–Crippen MR) is 77.8 cm³/mol. The fraction of sp³-hybridized carbons (Fsp3) is 0.294. The van der Waals surface area contributed by atoms with Crippen LogP contribution in [0.25, 0.3) is 11.1 Å². The van der Waals surface area contributed by atoms with Crippen molar-refractivity contribution in [2.45, 2.75) is 19.6 Å². The Morgan fingerprint density at radius 3 is 1.68 bits per heavy atom. The van der Waals surface area contributed by atoms with Gasteiger partial charge in [0.05, 0.1) is 0 Å². The van der Waals surface area contributed by atoms with Crippen molar-refractivity contribution in [2.24, 2.45) is 0 Å². The minimum absolute atomic E-state index is 0.815. The van der Waals surface area contributed by atoms with Gasteiger partial charge in [0.2, 0.25) is 0 Å². The van der Waals surface area contributed by atoms with Crippen LogP contribution in [0.5, 0.6) is 0 Å². The molecule has 0 aromatic heterocycles. The highest BCUT2D eigenvalue weighted by Crippen LogP contribution is 2.48. The molecule has 2 heteroatoms. The molecule has 1 N–H and O–H groups in total. The largest absolute Gasteiger partial charge is 0.367 e. The first kappa shape index (κ1) is 12.4. The summed E-state index contributed by atoms with van der Waals surface area (Å²) in [5.41, 5.74) is 3.30. The lowest BCUT2D eigenvalue weighted by Crippen LogP contribution is -2.45. The zero-order valence-electron chi connectivity index (χ0n) is 11.4. The lowest BCUT2D eigenvalue weighted by atomic mass is 9.98. The Hall–Kier alpha value is -1.64. The maximum absolute atomic E-state index is 11.4. The molecule has 0 spiro atoms. The molecule has 0 saturated heterocycles. The Bertz CT molecular complexity index is 556. The number of benzene rings is 2. The van der Waals surface area contributed by atoms with Crippen LogP contribution in [0, 0.1) is 0 Å². The molecule has 0 unspecified atom stereocenters. The van der Waals surface area contributed by atoms with Gasteiger partial charge < -0.3 is 5.11 Å². The fourth-order valence-corrected chi connectivity index (χ4v) is 3.21. The fourth-order valence-electron chi connectivity index (χ4n) is 3.21. The van der Waals surface area contributed by atoms with E-state index in [1.165, 1.54) is 0 Å². The summed E-state index contributed by atoms with van der Waals surface area (Å²) in [5, 5.41) is 11.4. The molecule has 98 valence electrons. The van der Waals surface area contributed by atoms with E-state index in [-0.39, 0.29) is 0 Å². The van der Waals surface area contributed by atoms with E-state index >= 15 is 0 Å². The van der Waals surface area contributed by atoms with Crippen molar-refractivity contribution in [3.8, 4) is 11.1 Å². The van der Waals surface area contributed by atoms with Crippen molar-refractivity contribution >= 4 is 0 Å². The van der Waals surface area contributed by atoms with Gasteiger partial charge in [-0.15, -0.1) is 0 Å². The molecule has 0 radical (unpaired) electrons. The van der Waals surface area contributed by atoms with Gasteiger partial charge in [-0.1, -0.05) is 62.4 Å². The normalized spacial score (nSPS) is 15.4. The van der Waals surface area contributed by atoms with Crippen LogP contribution in [0.4, 0.5) is 0 Å². The third-order valence-electron chi connectivity index (χ3n) is 4.12. The summed E-state index contributed by atoms with van der Waals surface area (Å²) < 4.78 is 0. The summed E-state index contributed by atoms with van der Waals surface area (Å²) in [4.78, 5) is 2.11. The van der Waals surface area contributed by atoms with E-state index in [9.17, 15) is 5.11 Å². The number of rotatable bonds is 3. The molecule has 3 rings (SSSR count). The SMILES string of the molecule is CCN(CC)C1(O)c2ccccc2-c2ccccc21. The third-order valence-corrected chi connectivity index (χ3v) is 4.12. The molecule has 2 aromatic rings. The lowest BCUT2D eigenvalue weighted by Gasteiger charge is -2.37. The minimum Gasteiger partial charge on any atom is -0.367 e. The minimum atomic E-state index is -0.989. The standard InChI is InChI=1S/C17H19NO/c1-3-18(4-2)17(19)15-11-7-5-9-13(15)14-10-6-8-12-16(14)17/h5-12,19H,3-4H2,1-2H3. The summed E-state index contributed by atoms with van der Waals surface area (Å²) >= 11 is 0. The van der Waals surface area contributed by atoms with Crippen molar-refractivity contribution in [1.29, 1.82) is 0 Å². The first-order valence-corrected chi connectivity index (χ1v) is 6.90. The monoisotopic (exact) mass is 253 g/mol. The highest BCUT2D eigenvalue weighted by molar-refractivity contribution is 5.79. The first-order chi connectivity index (χ1) is 9.23. The summed E-state index contributed by atoms with van der Waals surface area (Å²) in [6, 6.07) is 16.3. The number of fused-ring (bicyclic) bond motifs is 3. The molecule has 0 saturated carbocycles. The molecule has 2 nitrogen and oxygen atoms in total. The summed E-state index contributed by atoms with van der Waals surface area (Å²) in [7, 11) is 0. The maximum atomic E-state index is 11.4. The van der Waals surface area contributed by atoms with Gasteiger partial charge >= 0.3 is 0 Å². The van der Waals surface area contributed by atoms with Crippen LogP contribution < -0.4 is 0 Å². The highest BCUT2D eigenvalue weighted by atomic mass is 16.3. The Morgan fingerprint density at radius 2 is 1.26 bits per heavy atom. The molecular formula is C17H19NO. The first-order valence-electron chi connectivity index (χ1n) is 6.90. The van der Waals surface area contributed by atoms with Gasteiger partial charge in [0.25, 0.3) is 0 Å². The summed E-state index contributed by atoms with van der Waals surface area (Å²) in [6.45, 7) is 5.81. The van der Waals surface area contributed by atoms with E-state index in [2.05, 4.69) is 30.9 Å². The van der Waals surface area contributed by atoms with E-state index < -0.39 is 5.72 Å². The molecule has 0 bridgehead atoms. The van der Waals surface area contributed by atoms with E-state index in [0.29, 0.717) is 0 Å². The molecule has 0 aliphatic heterocycles. The topological polar surface area (TPSA) is 23.5 Å². The molecule has 2 aromatic carbocycles. The highest BCUT2D eigenvalue weighted by Gasteiger charge is 2.44. The van der Waals surface area contributed by atoms with Crippen molar-refractivity contribution in [2.75, 3.05) is 13.1 Å².